The van der Waals surface area contributed by atoms with E-state index in [1.54, 1.807) is 4.90 Å². The zero-order valence-corrected chi connectivity index (χ0v) is 16.7. The van der Waals surface area contributed by atoms with Crippen LogP contribution in [-0.4, -0.2) is 61.2 Å². The third-order valence-electron chi connectivity index (χ3n) is 3.27. The van der Waals surface area contributed by atoms with Gasteiger partial charge in [0, 0.05) is 13.1 Å². The van der Waals surface area contributed by atoms with E-state index in [0.717, 1.165) is 32.4 Å². The number of halogens is 3. The zero-order valence-electron chi connectivity index (χ0n) is 14.2. The van der Waals surface area contributed by atoms with Crippen molar-refractivity contribution < 1.29 is 14.7 Å². The van der Waals surface area contributed by atoms with Crippen molar-refractivity contribution in [1.82, 2.24) is 10.2 Å². The van der Waals surface area contributed by atoms with Crippen molar-refractivity contribution in [2.75, 3.05) is 39.3 Å². The minimum Gasteiger partial charge on any atom is -0.481 e. The third-order valence-corrected chi connectivity index (χ3v) is 3.27. The number of carboxylic acids is 1. The molecule has 10 heteroatoms. The summed E-state index contributed by atoms with van der Waals surface area (Å²) in [5.41, 5.74) is 10.9. The highest BCUT2D eigenvalue weighted by atomic mass is 35.5. The van der Waals surface area contributed by atoms with Gasteiger partial charge in [0.15, 0.2) is 0 Å². The quantitative estimate of drug-likeness (QED) is 0.263. The summed E-state index contributed by atoms with van der Waals surface area (Å²) in [5, 5.41) is 12.2. The molecule has 1 amide bonds. The third kappa shape index (κ3) is 15.2. The van der Waals surface area contributed by atoms with E-state index in [9.17, 15) is 9.59 Å². The first-order chi connectivity index (χ1) is 10.0. The lowest BCUT2D eigenvalue weighted by atomic mass is 10.1. The molecule has 0 radical (unpaired) electrons. The minimum atomic E-state index is -1.08. The maximum Gasteiger partial charge on any atom is 0.315 e. The summed E-state index contributed by atoms with van der Waals surface area (Å²) in [7, 11) is 0. The van der Waals surface area contributed by atoms with Gasteiger partial charge in [-0.3, -0.25) is 9.59 Å². The monoisotopic (exact) mass is 410 g/mol. The number of hydrogen-bond donors (Lipinski definition) is 4. The number of amides is 1. The molecule has 24 heavy (non-hydrogen) atoms. The molecule has 0 bridgehead atoms. The summed E-state index contributed by atoms with van der Waals surface area (Å²) in [5.74, 6) is -2.40. The smallest absolute Gasteiger partial charge is 0.315 e. The number of nitrogens with zero attached hydrogens (tertiary/aromatic N) is 1. The van der Waals surface area contributed by atoms with E-state index in [-0.39, 0.29) is 43.1 Å². The topological polar surface area (TPSA) is 122 Å². The first-order valence-electron chi connectivity index (χ1n) is 7.67. The van der Waals surface area contributed by atoms with Gasteiger partial charge in [-0.15, -0.1) is 37.2 Å². The van der Waals surface area contributed by atoms with E-state index in [0.29, 0.717) is 32.6 Å². The summed E-state index contributed by atoms with van der Waals surface area (Å²) in [6.07, 6.45) is 3.43. The number of unbranched alkanes of at least 4 members (excludes halogenated alkanes) is 1. The minimum absolute atomic E-state index is 0. The SMILES string of the molecule is CC(C(=O)O)C(=O)N(CCCN)CCCCNCCCN.Cl.Cl.Cl. The van der Waals surface area contributed by atoms with Crippen molar-refractivity contribution in [3.8, 4) is 0 Å². The van der Waals surface area contributed by atoms with Crippen LogP contribution in [0.1, 0.15) is 32.6 Å². The summed E-state index contributed by atoms with van der Waals surface area (Å²) >= 11 is 0. The lowest BCUT2D eigenvalue weighted by Gasteiger charge is -2.24. The van der Waals surface area contributed by atoms with E-state index < -0.39 is 11.9 Å². The van der Waals surface area contributed by atoms with Gasteiger partial charge in [-0.1, -0.05) is 0 Å². The van der Waals surface area contributed by atoms with Crippen molar-refractivity contribution >= 4 is 49.1 Å². The average molecular weight is 412 g/mol. The predicted octanol–water partition coefficient (Wildman–Crippen LogP) is 0.868. The molecule has 0 rings (SSSR count). The molecule has 0 saturated heterocycles. The molecule has 0 aromatic heterocycles. The molecule has 0 aromatic carbocycles. The molecule has 148 valence electrons. The van der Waals surface area contributed by atoms with Gasteiger partial charge in [0.1, 0.15) is 5.92 Å². The Kier molecular flexibility index (Phi) is 27.2. The number of nitrogens with two attached hydrogens (primary N) is 2. The molecule has 0 fully saturated rings. The summed E-state index contributed by atoms with van der Waals surface area (Å²) in [6.45, 7) is 5.49. The molecule has 0 saturated carbocycles. The van der Waals surface area contributed by atoms with Crippen molar-refractivity contribution in [3.63, 3.8) is 0 Å². The highest BCUT2D eigenvalue weighted by molar-refractivity contribution is 5.96. The Hall–Kier alpha value is -0.310. The van der Waals surface area contributed by atoms with Crippen molar-refractivity contribution in [2.24, 2.45) is 17.4 Å². The molecule has 1 unspecified atom stereocenters. The Bertz CT molecular complexity index is 313. The Morgan fingerprint density at radius 2 is 1.46 bits per heavy atom. The Labute approximate surface area is 163 Å². The van der Waals surface area contributed by atoms with Gasteiger partial charge in [0.05, 0.1) is 0 Å². The summed E-state index contributed by atoms with van der Waals surface area (Å²) in [6, 6.07) is 0. The molecular formula is C14H33Cl3N4O3. The molecule has 0 aliphatic carbocycles. The van der Waals surface area contributed by atoms with Crippen LogP contribution in [0, 0.1) is 5.92 Å². The van der Waals surface area contributed by atoms with Gasteiger partial charge in [0.2, 0.25) is 5.91 Å². The van der Waals surface area contributed by atoms with Crippen molar-refractivity contribution in [2.45, 2.75) is 32.6 Å². The van der Waals surface area contributed by atoms with E-state index in [1.165, 1.54) is 6.92 Å². The number of carbonyl (C=O) groups is 2. The number of carbonyl (C=O) groups excluding carboxylic acids is 1. The van der Waals surface area contributed by atoms with Gasteiger partial charge in [-0.2, -0.15) is 0 Å². The standard InChI is InChI=1S/C14H30N4O3.3ClH/c1-12(14(20)21)13(19)18(11-5-7-16)10-3-2-8-17-9-4-6-15;;;/h12,17H,2-11,15-16H2,1H3,(H,20,21);3*1H. The summed E-state index contributed by atoms with van der Waals surface area (Å²) < 4.78 is 0. The Morgan fingerprint density at radius 3 is 1.96 bits per heavy atom. The molecule has 0 aromatic rings. The number of aliphatic carboxylic acids is 1. The highest BCUT2D eigenvalue weighted by Crippen LogP contribution is 2.06. The second-order valence-electron chi connectivity index (χ2n) is 5.13. The second-order valence-corrected chi connectivity index (χ2v) is 5.13. The number of nitrogens with one attached hydrogen (secondary N) is 1. The van der Waals surface area contributed by atoms with Crippen LogP contribution in [0.15, 0.2) is 0 Å². The zero-order chi connectivity index (χ0) is 16.1. The van der Waals surface area contributed by atoms with Gasteiger partial charge in [-0.05, 0) is 58.8 Å². The van der Waals surface area contributed by atoms with Crippen LogP contribution >= 0.6 is 37.2 Å². The molecule has 0 aliphatic rings. The van der Waals surface area contributed by atoms with Crippen LogP contribution in [0.25, 0.3) is 0 Å². The normalized spacial score (nSPS) is 10.6. The fourth-order valence-electron chi connectivity index (χ4n) is 1.90. The first kappa shape index (κ1) is 31.5. The summed E-state index contributed by atoms with van der Waals surface area (Å²) in [4.78, 5) is 24.6. The van der Waals surface area contributed by atoms with Crippen molar-refractivity contribution in [3.05, 3.63) is 0 Å². The van der Waals surface area contributed by atoms with Crippen LogP contribution in [0.3, 0.4) is 0 Å². The van der Waals surface area contributed by atoms with E-state index in [2.05, 4.69) is 5.32 Å². The first-order valence-corrected chi connectivity index (χ1v) is 7.67. The van der Waals surface area contributed by atoms with Crippen LogP contribution in [-0.2, 0) is 9.59 Å². The number of rotatable bonds is 13. The van der Waals surface area contributed by atoms with Gasteiger partial charge < -0.3 is 26.8 Å². The van der Waals surface area contributed by atoms with Gasteiger partial charge in [0.25, 0.3) is 0 Å². The fraction of sp³-hybridized carbons (Fsp3) is 0.857. The largest absolute Gasteiger partial charge is 0.481 e. The lowest BCUT2D eigenvalue weighted by molar-refractivity contribution is -0.150. The van der Waals surface area contributed by atoms with Crippen LogP contribution in [0.4, 0.5) is 0 Å². The van der Waals surface area contributed by atoms with Crippen molar-refractivity contribution in [1.29, 1.82) is 0 Å². The second kappa shape index (κ2) is 20.7. The fourth-order valence-corrected chi connectivity index (χ4v) is 1.90. The van der Waals surface area contributed by atoms with E-state index in [1.807, 2.05) is 0 Å². The molecule has 0 spiro atoms. The van der Waals surface area contributed by atoms with Crippen LogP contribution in [0.5, 0.6) is 0 Å². The number of carboxylic acid groups (broad SMARTS) is 1. The maximum absolute atomic E-state index is 12.1. The highest BCUT2D eigenvalue weighted by Gasteiger charge is 2.25. The van der Waals surface area contributed by atoms with E-state index in [4.69, 9.17) is 16.6 Å². The molecule has 6 N–H and O–H groups in total. The lowest BCUT2D eigenvalue weighted by Crippen LogP contribution is -2.40. The van der Waals surface area contributed by atoms with Crippen LogP contribution in [0.2, 0.25) is 0 Å². The number of hydrogen-bond acceptors (Lipinski definition) is 5. The average Bonchev–Trinajstić information content (AvgIpc) is 2.47. The molecule has 0 aliphatic heterocycles. The molecule has 0 heterocycles. The predicted molar refractivity (Wildman–Crippen MR) is 105 cm³/mol. The Morgan fingerprint density at radius 1 is 0.958 bits per heavy atom. The maximum atomic E-state index is 12.1. The van der Waals surface area contributed by atoms with Gasteiger partial charge in [-0.25, -0.2) is 0 Å². The Balaban J connectivity index is -0.000000667. The molecule has 1 atom stereocenters. The van der Waals surface area contributed by atoms with E-state index >= 15 is 0 Å². The molecular weight excluding hydrogens is 379 g/mol. The molecule has 7 nitrogen and oxygen atoms in total. The van der Waals surface area contributed by atoms with Crippen LogP contribution < -0.4 is 16.8 Å². The van der Waals surface area contributed by atoms with Gasteiger partial charge >= 0.3 is 5.97 Å².